The second-order valence-electron chi connectivity index (χ2n) is 7.14. The Morgan fingerprint density at radius 1 is 1.06 bits per heavy atom. The predicted octanol–water partition coefficient (Wildman–Crippen LogP) is 6.63. The molecule has 0 aliphatic carbocycles. The molecule has 0 aliphatic rings. The molecule has 1 atom stereocenters. The van der Waals surface area contributed by atoms with Crippen molar-refractivity contribution in [2.75, 3.05) is 12.5 Å². The van der Waals surface area contributed by atoms with E-state index >= 15 is 0 Å². The van der Waals surface area contributed by atoms with E-state index in [1.165, 1.54) is 24.3 Å². The van der Waals surface area contributed by atoms with Crippen LogP contribution >= 0.6 is 23.2 Å². The molecule has 12 heteroatoms. The zero-order valence-electron chi connectivity index (χ0n) is 17.7. The van der Waals surface area contributed by atoms with Gasteiger partial charge in [0.1, 0.15) is 33.7 Å². The number of pyridine rings is 1. The first-order valence-electron chi connectivity index (χ1n) is 10.0. The molecule has 0 spiro atoms. The summed E-state index contributed by atoms with van der Waals surface area (Å²) in [6.07, 6.45) is -3.71. The Morgan fingerprint density at radius 2 is 1.69 bits per heavy atom. The zero-order chi connectivity index (χ0) is 25.6. The largest absolute Gasteiger partial charge is 0.494 e. The lowest BCUT2D eigenvalue weighted by molar-refractivity contribution is -0.137. The van der Waals surface area contributed by atoms with E-state index in [1.807, 2.05) is 0 Å². The minimum absolute atomic E-state index is 0.0150. The third kappa shape index (κ3) is 7.19. The van der Waals surface area contributed by atoms with Crippen LogP contribution < -0.4 is 14.8 Å². The van der Waals surface area contributed by atoms with Crippen molar-refractivity contribution in [2.24, 2.45) is 0 Å². The summed E-state index contributed by atoms with van der Waals surface area (Å²) < 4.78 is 76.6. The molecule has 2 aromatic carbocycles. The number of nitrogens with zero attached hydrogens (tertiary/aromatic N) is 1. The van der Waals surface area contributed by atoms with Crippen LogP contribution in [0.2, 0.25) is 5.02 Å². The highest BCUT2D eigenvalue weighted by molar-refractivity contribution is 6.31. The van der Waals surface area contributed by atoms with Crippen molar-refractivity contribution >= 4 is 29.1 Å². The summed E-state index contributed by atoms with van der Waals surface area (Å²) in [7, 11) is 0. The molecule has 5 nitrogen and oxygen atoms in total. The molecule has 0 saturated heterocycles. The standard InChI is InChI=1S/C23H17Cl2F5N2O3/c24-11-14(32-21(33)20-18(26)2-1-3-19(20)27)8-9-34-15-4-6-16(7-5-15)35-22-17(25)10-13(12-31-22)23(28,29)30/h1-7,10,12,14H,8-9,11H2,(H,32,33). The number of rotatable bonds is 9. The third-order valence-electron chi connectivity index (χ3n) is 4.62. The van der Waals surface area contributed by atoms with Crippen molar-refractivity contribution in [2.45, 2.75) is 18.6 Å². The number of hydrogen-bond acceptors (Lipinski definition) is 4. The van der Waals surface area contributed by atoms with Gasteiger partial charge in [-0.25, -0.2) is 13.8 Å². The van der Waals surface area contributed by atoms with Gasteiger partial charge in [-0.1, -0.05) is 17.7 Å². The average molecular weight is 535 g/mol. The van der Waals surface area contributed by atoms with Gasteiger partial charge in [0.2, 0.25) is 5.88 Å². The lowest BCUT2D eigenvalue weighted by Crippen LogP contribution is -2.38. The fourth-order valence-electron chi connectivity index (χ4n) is 2.85. The topological polar surface area (TPSA) is 60.5 Å². The van der Waals surface area contributed by atoms with Crippen LogP contribution in [0.5, 0.6) is 17.4 Å². The molecule has 1 unspecified atom stereocenters. The molecular formula is C23H17Cl2F5N2O3. The Balaban J connectivity index is 1.52. The summed E-state index contributed by atoms with van der Waals surface area (Å²) in [5.41, 5.74) is -1.69. The normalized spacial score (nSPS) is 12.2. The number of benzene rings is 2. The van der Waals surface area contributed by atoms with Crippen molar-refractivity contribution in [1.82, 2.24) is 10.3 Å². The molecule has 0 fully saturated rings. The first-order valence-corrected chi connectivity index (χ1v) is 10.9. The Hall–Kier alpha value is -3.11. The van der Waals surface area contributed by atoms with Crippen LogP contribution in [0.1, 0.15) is 22.3 Å². The maximum absolute atomic E-state index is 13.8. The Kier molecular flexibility index (Phi) is 8.74. The quantitative estimate of drug-likeness (QED) is 0.247. The molecule has 0 saturated carbocycles. The maximum Gasteiger partial charge on any atom is 0.417 e. The number of carbonyl (C=O) groups excluding carboxylic acids is 1. The number of aromatic nitrogens is 1. The first-order chi connectivity index (χ1) is 16.6. The van der Waals surface area contributed by atoms with Gasteiger partial charge in [-0.3, -0.25) is 4.79 Å². The van der Waals surface area contributed by atoms with Crippen LogP contribution in [0.4, 0.5) is 22.0 Å². The Morgan fingerprint density at radius 3 is 2.26 bits per heavy atom. The van der Waals surface area contributed by atoms with Crippen LogP contribution in [-0.2, 0) is 6.18 Å². The van der Waals surface area contributed by atoms with Crippen molar-refractivity contribution < 1.29 is 36.2 Å². The summed E-state index contributed by atoms with van der Waals surface area (Å²) in [6.45, 7) is 0.115. The second-order valence-corrected chi connectivity index (χ2v) is 7.86. The van der Waals surface area contributed by atoms with Gasteiger partial charge < -0.3 is 14.8 Å². The van der Waals surface area contributed by atoms with Gasteiger partial charge in [0.05, 0.1) is 12.2 Å². The van der Waals surface area contributed by atoms with Crippen molar-refractivity contribution in [3.05, 3.63) is 82.5 Å². The molecule has 1 heterocycles. The minimum Gasteiger partial charge on any atom is -0.494 e. The van der Waals surface area contributed by atoms with Gasteiger partial charge in [0, 0.05) is 24.5 Å². The van der Waals surface area contributed by atoms with E-state index in [0.717, 1.165) is 18.2 Å². The molecular weight excluding hydrogens is 518 g/mol. The van der Waals surface area contributed by atoms with Gasteiger partial charge >= 0.3 is 6.18 Å². The molecule has 35 heavy (non-hydrogen) atoms. The van der Waals surface area contributed by atoms with E-state index < -0.39 is 40.9 Å². The van der Waals surface area contributed by atoms with E-state index in [9.17, 15) is 26.7 Å². The first kappa shape index (κ1) is 26.5. The number of amides is 1. The molecule has 186 valence electrons. The molecule has 3 rings (SSSR count). The molecule has 1 N–H and O–H groups in total. The highest BCUT2D eigenvalue weighted by Crippen LogP contribution is 2.34. The Labute approximate surface area is 206 Å². The molecule has 0 radical (unpaired) electrons. The number of alkyl halides is 4. The minimum atomic E-state index is -4.58. The van der Waals surface area contributed by atoms with E-state index in [0.29, 0.717) is 18.0 Å². The van der Waals surface area contributed by atoms with Crippen molar-refractivity contribution in [3.63, 3.8) is 0 Å². The molecule has 1 aromatic heterocycles. The highest BCUT2D eigenvalue weighted by Gasteiger charge is 2.31. The van der Waals surface area contributed by atoms with Crippen LogP contribution in [0.25, 0.3) is 0 Å². The fraction of sp³-hybridized carbons (Fsp3) is 0.217. The number of carbonyl (C=O) groups is 1. The highest BCUT2D eigenvalue weighted by atomic mass is 35.5. The zero-order valence-corrected chi connectivity index (χ0v) is 19.2. The fourth-order valence-corrected chi connectivity index (χ4v) is 3.29. The number of nitrogens with one attached hydrogen (secondary N) is 1. The summed E-state index contributed by atoms with van der Waals surface area (Å²) in [5, 5.41) is 2.16. The van der Waals surface area contributed by atoms with E-state index in [4.69, 9.17) is 32.7 Å². The summed E-state index contributed by atoms with van der Waals surface area (Å²) in [4.78, 5) is 15.8. The molecule has 1 amide bonds. The smallest absolute Gasteiger partial charge is 0.417 e. The van der Waals surface area contributed by atoms with Gasteiger partial charge in [-0.15, -0.1) is 11.6 Å². The van der Waals surface area contributed by atoms with Crippen molar-refractivity contribution in [1.29, 1.82) is 0 Å². The summed E-state index contributed by atoms with van der Waals surface area (Å²) in [6, 6.07) is 9.27. The third-order valence-corrected chi connectivity index (χ3v) is 5.26. The summed E-state index contributed by atoms with van der Waals surface area (Å²) in [5.74, 6) is -2.43. The van der Waals surface area contributed by atoms with Gasteiger partial charge in [0.25, 0.3) is 5.91 Å². The maximum atomic E-state index is 13.8. The molecule has 0 bridgehead atoms. The van der Waals surface area contributed by atoms with Crippen molar-refractivity contribution in [3.8, 4) is 17.4 Å². The lowest BCUT2D eigenvalue weighted by atomic mass is 10.1. The van der Waals surface area contributed by atoms with Crippen LogP contribution in [0, 0.1) is 11.6 Å². The van der Waals surface area contributed by atoms with Crippen LogP contribution in [-0.4, -0.2) is 29.4 Å². The SMILES string of the molecule is O=C(NC(CCl)CCOc1ccc(Oc2ncc(C(F)(F)F)cc2Cl)cc1)c1c(F)cccc1F. The number of ether oxygens (including phenoxy) is 2. The van der Waals surface area contributed by atoms with Gasteiger partial charge in [-0.2, -0.15) is 13.2 Å². The molecule has 3 aromatic rings. The van der Waals surface area contributed by atoms with E-state index in [-0.39, 0.29) is 35.6 Å². The number of halogens is 7. The predicted molar refractivity (Wildman–Crippen MR) is 119 cm³/mol. The summed E-state index contributed by atoms with van der Waals surface area (Å²) >= 11 is 11.7. The lowest BCUT2D eigenvalue weighted by Gasteiger charge is -2.17. The Bertz CT molecular complexity index is 1160. The second kappa shape index (κ2) is 11.5. The molecule has 0 aliphatic heterocycles. The van der Waals surface area contributed by atoms with Crippen LogP contribution in [0.3, 0.4) is 0 Å². The van der Waals surface area contributed by atoms with E-state index in [1.54, 1.807) is 0 Å². The number of hydrogen-bond donors (Lipinski definition) is 1. The van der Waals surface area contributed by atoms with Crippen LogP contribution in [0.15, 0.2) is 54.7 Å². The van der Waals surface area contributed by atoms with Gasteiger partial charge in [0.15, 0.2) is 0 Å². The monoisotopic (exact) mass is 534 g/mol. The van der Waals surface area contributed by atoms with E-state index in [2.05, 4.69) is 10.3 Å². The van der Waals surface area contributed by atoms with Gasteiger partial charge in [-0.05, 0) is 42.5 Å². The average Bonchev–Trinajstić information content (AvgIpc) is 2.80.